The lowest BCUT2D eigenvalue weighted by molar-refractivity contribution is -0.126. The van der Waals surface area contributed by atoms with Gasteiger partial charge in [0.1, 0.15) is 0 Å². The maximum atomic E-state index is 12.7. The number of carbonyl (C=O) groups is 2. The van der Waals surface area contributed by atoms with Crippen LogP contribution in [0.3, 0.4) is 0 Å². The Balaban J connectivity index is 1.36. The van der Waals surface area contributed by atoms with E-state index in [1.54, 1.807) is 4.90 Å². The number of urea groups is 1. The Labute approximate surface area is 168 Å². The first-order valence-corrected chi connectivity index (χ1v) is 10.7. The van der Waals surface area contributed by atoms with Gasteiger partial charge < -0.3 is 20.4 Å². The van der Waals surface area contributed by atoms with Crippen molar-refractivity contribution in [3.8, 4) is 0 Å². The van der Waals surface area contributed by atoms with Crippen molar-refractivity contribution in [1.82, 2.24) is 20.4 Å². The lowest BCUT2D eigenvalue weighted by atomic mass is 9.94. The molecule has 1 aromatic carbocycles. The van der Waals surface area contributed by atoms with Crippen molar-refractivity contribution in [3.05, 3.63) is 35.9 Å². The molecule has 3 amide bonds. The van der Waals surface area contributed by atoms with Crippen molar-refractivity contribution < 1.29 is 9.59 Å². The number of carbonyl (C=O) groups excluding carboxylic acids is 2. The fraction of sp³-hybridized carbons (Fsp3) is 0.636. The molecule has 154 valence electrons. The Kier molecular flexibility index (Phi) is 7.71. The van der Waals surface area contributed by atoms with Gasteiger partial charge in [-0.15, -0.1) is 0 Å². The van der Waals surface area contributed by atoms with Crippen molar-refractivity contribution in [2.45, 2.75) is 38.6 Å². The summed E-state index contributed by atoms with van der Waals surface area (Å²) in [7, 11) is 1.84. The van der Waals surface area contributed by atoms with Gasteiger partial charge in [-0.1, -0.05) is 30.3 Å². The van der Waals surface area contributed by atoms with Crippen molar-refractivity contribution in [1.29, 1.82) is 0 Å². The van der Waals surface area contributed by atoms with E-state index < -0.39 is 0 Å². The van der Waals surface area contributed by atoms with Crippen LogP contribution in [0.1, 0.15) is 37.7 Å². The molecule has 2 aliphatic rings. The molecule has 1 unspecified atom stereocenters. The van der Waals surface area contributed by atoms with Crippen LogP contribution in [0, 0.1) is 11.8 Å². The second-order valence-corrected chi connectivity index (χ2v) is 8.18. The normalized spacial score (nSPS) is 20.6. The first kappa shape index (κ1) is 20.6. The molecule has 6 heteroatoms. The summed E-state index contributed by atoms with van der Waals surface area (Å²) in [6.07, 6.45) is 5.06. The van der Waals surface area contributed by atoms with Crippen LogP contribution in [0.15, 0.2) is 30.3 Å². The van der Waals surface area contributed by atoms with Gasteiger partial charge in [0.15, 0.2) is 0 Å². The average molecular weight is 387 g/mol. The summed E-state index contributed by atoms with van der Waals surface area (Å²) >= 11 is 0. The van der Waals surface area contributed by atoms with Gasteiger partial charge in [0.05, 0.1) is 0 Å². The van der Waals surface area contributed by atoms with Crippen LogP contribution in [0.25, 0.3) is 0 Å². The van der Waals surface area contributed by atoms with Crippen LogP contribution >= 0.6 is 0 Å². The van der Waals surface area contributed by atoms with E-state index in [4.69, 9.17) is 0 Å². The summed E-state index contributed by atoms with van der Waals surface area (Å²) in [6.45, 7) is 4.89. The Morgan fingerprint density at radius 3 is 2.61 bits per heavy atom. The zero-order chi connectivity index (χ0) is 19.8. The molecule has 28 heavy (non-hydrogen) atoms. The number of nitrogens with zero attached hydrogens (tertiary/aromatic N) is 2. The molecular weight excluding hydrogens is 352 g/mol. The Morgan fingerprint density at radius 2 is 1.93 bits per heavy atom. The van der Waals surface area contributed by atoms with E-state index in [-0.39, 0.29) is 17.9 Å². The third kappa shape index (κ3) is 5.96. The van der Waals surface area contributed by atoms with Gasteiger partial charge >= 0.3 is 6.03 Å². The van der Waals surface area contributed by atoms with E-state index in [1.807, 2.05) is 42.3 Å². The number of rotatable bonds is 6. The van der Waals surface area contributed by atoms with Crippen LogP contribution < -0.4 is 10.6 Å². The highest BCUT2D eigenvalue weighted by Crippen LogP contribution is 2.19. The summed E-state index contributed by atoms with van der Waals surface area (Å²) in [4.78, 5) is 28.8. The predicted molar refractivity (Wildman–Crippen MR) is 111 cm³/mol. The highest BCUT2D eigenvalue weighted by atomic mass is 16.2. The maximum Gasteiger partial charge on any atom is 0.320 e. The number of amides is 3. The van der Waals surface area contributed by atoms with E-state index in [2.05, 4.69) is 10.6 Å². The van der Waals surface area contributed by atoms with E-state index in [0.29, 0.717) is 25.6 Å². The topological polar surface area (TPSA) is 64.7 Å². The Morgan fingerprint density at radius 1 is 1.18 bits per heavy atom. The second kappa shape index (κ2) is 10.5. The van der Waals surface area contributed by atoms with Crippen molar-refractivity contribution in [2.24, 2.45) is 11.8 Å². The first-order valence-electron chi connectivity index (χ1n) is 10.7. The summed E-state index contributed by atoms with van der Waals surface area (Å²) in [5.41, 5.74) is 1.13. The van der Waals surface area contributed by atoms with Gasteiger partial charge in [0, 0.05) is 39.1 Å². The maximum absolute atomic E-state index is 12.7. The smallest absolute Gasteiger partial charge is 0.320 e. The standard InChI is InChI=1S/C22H34N4O2/c1-25(17-19-6-3-2-4-7-19)22(28)26-14-10-20(11-15-26)21(27)24-13-9-18-8-5-12-23-16-18/h2-4,6-7,18,20,23H,5,8-17H2,1H3,(H,24,27). The van der Waals surface area contributed by atoms with Gasteiger partial charge in [0.25, 0.3) is 0 Å². The highest BCUT2D eigenvalue weighted by molar-refractivity contribution is 5.79. The lowest BCUT2D eigenvalue weighted by Crippen LogP contribution is -2.47. The molecule has 2 saturated heterocycles. The first-order chi connectivity index (χ1) is 13.6. The minimum atomic E-state index is 0.0351. The lowest BCUT2D eigenvalue weighted by Gasteiger charge is -2.34. The quantitative estimate of drug-likeness (QED) is 0.789. The third-order valence-corrected chi connectivity index (χ3v) is 5.98. The largest absolute Gasteiger partial charge is 0.356 e. The molecule has 2 aliphatic heterocycles. The van der Waals surface area contributed by atoms with Crippen LogP contribution in [-0.2, 0) is 11.3 Å². The molecule has 0 spiro atoms. The molecule has 0 saturated carbocycles. The van der Waals surface area contributed by atoms with E-state index in [9.17, 15) is 9.59 Å². The molecule has 2 fully saturated rings. The van der Waals surface area contributed by atoms with Crippen molar-refractivity contribution in [2.75, 3.05) is 39.8 Å². The molecule has 1 atom stereocenters. The van der Waals surface area contributed by atoms with Crippen LogP contribution in [0.4, 0.5) is 4.79 Å². The van der Waals surface area contributed by atoms with Crippen molar-refractivity contribution in [3.63, 3.8) is 0 Å². The molecule has 0 aromatic heterocycles. The molecule has 0 aliphatic carbocycles. The monoisotopic (exact) mass is 386 g/mol. The summed E-state index contributed by atoms with van der Waals surface area (Å²) in [5, 5.41) is 6.54. The summed E-state index contributed by atoms with van der Waals surface area (Å²) in [5.74, 6) is 0.884. The molecule has 2 N–H and O–H groups in total. The van der Waals surface area contributed by atoms with E-state index in [0.717, 1.165) is 44.5 Å². The molecule has 1 aromatic rings. The van der Waals surface area contributed by atoms with Gasteiger partial charge in [-0.25, -0.2) is 4.79 Å². The molecule has 6 nitrogen and oxygen atoms in total. The minimum Gasteiger partial charge on any atom is -0.356 e. The summed E-state index contributed by atoms with van der Waals surface area (Å²) in [6, 6.07) is 10.1. The third-order valence-electron chi connectivity index (χ3n) is 5.98. The van der Waals surface area contributed by atoms with Crippen LogP contribution in [0.5, 0.6) is 0 Å². The van der Waals surface area contributed by atoms with E-state index in [1.165, 1.54) is 12.8 Å². The van der Waals surface area contributed by atoms with Gasteiger partial charge in [-0.2, -0.15) is 0 Å². The number of likely N-dealkylation sites (tertiary alicyclic amines) is 1. The van der Waals surface area contributed by atoms with Gasteiger partial charge in [0.2, 0.25) is 5.91 Å². The van der Waals surface area contributed by atoms with Crippen LogP contribution in [0.2, 0.25) is 0 Å². The molecule has 2 heterocycles. The fourth-order valence-electron chi connectivity index (χ4n) is 4.21. The molecular formula is C22H34N4O2. The number of piperidine rings is 2. The number of benzene rings is 1. The molecule has 0 radical (unpaired) electrons. The molecule has 0 bridgehead atoms. The molecule has 3 rings (SSSR count). The van der Waals surface area contributed by atoms with Gasteiger partial charge in [-0.05, 0) is 56.7 Å². The summed E-state index contributed by atoms with van der Waals surface area (Å²) < 4.78 is 0. The van der Waals surface area contributed by atoms with Crippen LogP contribution in [-0.4, -0.2) is 61.5 Å². The Bertz CT molecular complexity index is 623. The minimum absolute atomic E-state index is 0.0351. The fourth-order valence-corrected chi connectivity index (χ4v) is 4.21. The zero-order valence-electron chi connectivity index (χ0n) is 17.0. The Hall–Kier alpha value is -2.08. The number of hydrogen-bond donors (Lipinski definition) is 2. The van der Waals surface area contributed by atoms with Crippen molar-refractivity contribution >= 4 is 11.9 Å². The highest BCUT2D eigenvalue weighted by Gasteiger charge is 2.28. The average Bonchev–Trinajstić information content (AvgIpc) is 2.74. The zero-order valence-corrected chi connectivity index (χ0v) is 17.0. The SMILES string of the molecule is CN(Cc1ccccc1)C(=O)N1CCC(C(=O)NCCC2CCCNC2)CC1. The number of hydrogen-bond acceptors (Lipinski definition) is 3. The number of nitrogens with one attached hydrogen (secondary N) is 2. The van der Waals surface area contributed by atoms with E-state index >= 15 is 0 Å². The predicted octanol–water partition coefficient (Wildman–Crippen LogP) is 2.46. The van der Waals surface area contributed by atoms with Gasteiger partial charge in [-0.3, -0.25) is 4.79 Å². The second-order valence-electron chi connectivity index (χ2n) is 8.18.